The molecule has 0 aliphatic rings. The molecule has 1 rings (SSSR count). The molecule has 0 spiro atoms. The molecular formula is C14H22N2O2. The van der Waals surface area contributed by atoms with Crippen LogP contribution in [0.15, 0.2) is 18.5 Å². The molecule has 0 fully saturated rings. The van der Waals surface area contributed by atoms with Crippen LogP contribution in [0.4, 0.5) is 0 Å². The zero-order chi connectivity index (χ0) is 13.7. The van der Waals surface area contributed by atoms with Gasteiger partial charge in [-0.3, -0.25) is 9.59 Å². The molecule has 0 atom stereocenters. The van der Waals surface area contributed by atoms with E-state index < -0.39 is 0 Å². The fraction of sp³-hybridized carbons (Fsp3) is 0.571. The number of aromatic nitrogens is 1. The molecule has 0 saturated carbocycles. The molecule has 0 radical (unpaired) electrons. The normalized spacial score (nSPS) is 11.0. The molecule has 0 unspecified atom stereocenters. The van der Waals surface area contributed by atoms with E-state index in [1.807, 2.05) is 13.8 Å². The topological polar surface area (TPSA) is 51.1 Å². The van der Waals surface area contributed by atoms with E-state index in [1.54, 1.807) is 23.0 Å². The van der Waals surface area contributed by atoms with Crippen LogP contribution in [-0.2, 0) is 11.3 Å². The maximum absolute atomic E-state index is 11.7. The average Bonchev–Trinajstić information content (AvgIpc) is 2.73. The van der Waals surface area contributed by atoms with E-state index in [1.165, 1.54) is 0 Å². The lowest BCUT2D eigenvalue weighted by Crippen LogP contribution is -2.30. The van der Waals surface area contributed by atoms with Gasteiger partial charge < -0.3 is 9.88 Å². The average molecular weight is 250 g/mol. The highest BCUT2D eigenvalue weighted by Crippen LogP contribution is 2.08. The third-order valence-electron chi connectivity index (χ3n) is 2.59. The number of carbonyl (C=O) groups excluding carboxylic acids is 2. The van der Waals surface area contributed by atoms with Gasteiger partial charge in [0.1, 0.15) is 6.54 Å². The molecule has 18 heavy (non-hydrogen) atoms. The summed E-state index contributed by atoms with van der Waals surface area (Å²) in [4.78, 5) is 23.4. The Morgan fingerprint density at radius 2 is 1.94 bits per heavy atom. The molecule has 4 nitrogen and oxygen atoms in total. The van der Waals surface area contributed by atoms with Gasteiger partial charge in [0.2, 0.25) is 5.91 Å². The summed E-state index contributed by atoms with van der Waals surface area (Å²) in [6.07, 6.45) is 3.50. The highest BCUT2D eigenvalue weighted by molar-refractivity contribution is 5.97. The minimum Gasteiger partial charge on any atom is -0.354 e. The summed E-state index contributed by atoms with van der Waals surface area (Å²) >= 11 is 0. The monoisotopic (exact) mass is 250 g/mol. The number of hydrogen-bond acceptors (Lipinski definition) is 2. The van der Waals surface area contributed by atoms with Gasteiger partial charge in [-0.25, -0.2) is 0 Å². The summed E-state index contributed by atoms with van der Waals surface area (Å²) in [5.74, 6) is 0.506. The Hall–Kier alpha value is -1.58. The molecule has 100 valence electrons. The summed E-state index contributed by atoms with van der Waals surface area (Å²) in [5.41, 5.74) is 0.668. The molecule has 4 heteroatoms. The Morgan fingerprint density at radius 1 is 1.28 bits per heavy atom. The van der Waals surface area contributed by atoms with Gasteiger partial charge >= 0.3 is 0 Å². The summed E-state index contributed by atoms with van der Waals surface area (Å²) in [5, 5.41) is 2.85. The van der Waals surface area contributed by atoms with Gasteiger partial charge in [0, 0.05) is 30.4 Å². The van der Waals surface area contributed by atoms with Crippen molar-refractivity contribution in [2.24, 2.45) is 11.8 Å². The molecule has 1 amide bonds. The van der Waals surface area contributed by atoms with E-state index in [0.29, 0.717) is 18.0 Å². The van der Waals surface area contributed by atoms with Crippen LogP contribution in [0.1, 0.15) is 38.1 Å². The van der Waals surface area contributed by atoms with Gasteiger partial charge in [-0.05, 0) is 12.0 Å². The Kier molecular flexibility index (Phi) is 5.13. The first-order valence-corrected chi connectivity index (χ1v) is 6.36. The Morgan fingerprint density at radius 3 is 2.50 bits per heavy atom. The van der Waals surface area contributed by atoms with Crippen LogP contribution in [0.2, 0.25) is 0 Å². The maximum atomic E-state index is 11.7. The number of amides is 1. The fourth-order valence-electron chi connectivity index (χ4n) is 1.56. The number of nitrogens with zero attached hydrogens (tertiary/aromatic N) is 1. The molecule has 0 bridgehead atoms. The smallest absolute Gasteiger partial charge is 0.239 e. The third-order valence-corrected chi connectivity index (χ3v) is 2.59. The molecule has 1 aromatic heterocycles. The van der Waals surface area contributed by atoms with Crippen LogP contribution < -0.4 is 5.32 Å². The summed E-state index contributed by atoms with van der Waals surface area (Å²) in [7, 11) is 0. The first kappa shape index (κ1) is 14.5. The van der Waals surface area contributed by atoms with Crippen molar-refractivity contribution in [3.63, 3.8) is 0 Å². The van der Waals surface area contributed by atoms with E-state index in [-0.39, 0.29) is 24.2 Å². The van der Waals surface area contributed by atoms with E-state index >= 15 is 0 Å². The standard InChI is InChI=1S/C14H22N2O2/c1-10(2)7-15-13(17)9-16-6-5-12(8-16)14(18)11(3)4/h5-6,8,10-11H,7,9H2,1-4H3,(H,15,17). The first-order valence-electron chi connectivity index (χ1n) is 6.36. The predicted octanol–water partition coefficient (Wildman–Crippen LogP) is 2.10. The van der Waals surface area contributed by atoms with Crippen molar-refractivity contribution in [1.82, 2.24) is 9.88 Å². The maximum Gasteiger partial charge on any atom is 0.239 e. The van der Waals surface area contributed by atoms with Crippen LogP contribution in [-0.4, -0.2) is 22.8 Å². The summed E-state index contributed by atoms with van der Waals surface area (Å²) in [6, 6.07) is 1.76. The van der Waals surface area contributed by atoms with E-state index in [0.717, 1.165) is 0 Å². The third kappa shape index (κ3) is 4.35. The molecule has 1 N–H and O–H groups in total. The van der Waals surface area contributed by atoms with E-state index in [4.69, 9.17) is 0 Å². The number of carbonyl (C=O) groups is 2. The van der Waals surface area contributed by atoms with Crippen LogP contribution in [0.25, 0.3) is 0 Å². The highest BCUT2D eigenvalue weighted by atomic mass is 16.2. The molecule has 0 aliphatic carbocycles. The van der Waals surface area contributed by atoms with Crippen LogP contribution >= 0.6 is 0 Å². The zero-order valence-electron chi connectivity index (χ0n) is 11.6. The van der Waals surface area contributed by atoms with Crippen molar-refractivity contribution in [3.05, 3.63) is 24.0 Å². The van der Waals surface area contributed by atoms with E-state index in [2.05, 4.69) is 19.2 Å². The number of ketones is 1. The second-order valence-electron chi connectivity index (χ2n) is 5.29. The van der Waals surface area contributed by atoms with Gasteiger partial charge in [-0.2, -0.15) is 0 Å². The van der Waals surface area contributed by atoms with Crippen LogP contribution in [0.3, 0.4) is 0 Å². The quantitative estimate of drug-likeness (QED) is 0.786. The van der Waals surface area contributed by atoms with Gasteiger partial charge in [-0.1, -0.05) is 27.7 Å². The lowest BCUT2D eigenvalue weighted by Gasteiger charge is -2.08. The van der Waals surface area contributed by atoms with Gasteiger partial charge in [0.15, 0.2) is 5.78 Å². The van der Waals surface area contributed by atoms with Gasteiger partial charge in [0.05, 0.1) is 0 Å². The van der Waals surface area contributed by atoms with E-state index in [9.17, 15) is 9.59 Å². The number of nitrogens with one attached hydrogen (secondary N) is 1. The lowest BCUT2D eigenvalue weighted by molar-refractivity contribution is -0.121. The van der Waals surface area contributed by atoms with Crippen LogP contribution in [0, 0.1) is 11.8 Å². The minimum atomic E-state index is -0.0251. The van der Waals surface area contributed by atoms with Crippen molar-refractivity contribution in [1.29, 1.82) is 0 Å². The van der Waals surface area contributed by atoms with Gasteiger partial charge in [0.25, 0.3) is 0 Å². The summed E-state index contributed by atoms with van der Waals surface area (Å²) < 4.78 is 1.74. The molecule has 0 saturated heterocycles. The second kappa shape index (κ2) is 6.38. The van der Waals surface area contributed by atoms with Crippen molar-refractivity contribution < 1.29 is 9.59 Å². The minimum absolute atomic E-state index is 0.0179. The first-order chi connectivity index (χ1) is 8.40. The summed E-state index contributed by atoms with van der Waals surface area (Å²) in [6.45, 7) is 8.78. The predicted molar refractivity (Wildman–Crippen MR) is 71.4 cm³/mol. The number of rotatable bonds is 6. The SMILES string of the molecule is CC(C)CNC(=O)Cn1ccc(C(=O)C(C)C)c1. The highest BCUT2D eigenvalue weighted by Gasteiger charge is 2.12. The lowest BCUT2D eigenvalue weighted by atomic mass is 10.0. The Balaban J connectivity index is 2.54. The molecule has 0 aromatic carbocycles. The Labute approximate surface area is 108 Å². The van der Waals surface area contributed by atoms with Gasteiger partial charge in [-0.15, -0.1) is 0 Å². The number of hydrogen-bond donors (Lipinski definition) is 1. The molecule has 0 aliphatic heterocycles. The van der Waals surface area contributed by atoms with Crippen molar-refractivity contribution >= 4 is 11.7 Å². The zero-order valence-corrected chi connectivity index (χ0v) is 11.6. The molecular weight excluding hydrogens is 228 g/mol. The molecule has 1 aromatic rings. The number of Topliss-reactive ketones (excluding diaryl/α,β-unsaturated/α-hetero) is 1. The van der Waals surface area contributed by atoms with Crippen molar-refractivity contribution in [3.8, 4) is 0 Å². The van der Waals surface area contributed by atoms with Crippen molar-refractivity contribution in [2.75, 3.05) is 6.54 Å². The largest absolute Gasteiger partial charge is 0.354 e. The van der Waals surface area contributed by atoms with Crippen molar-refractivity contribution in [2.45, 2.75) is 34.2 Å². The Bertz CT molecular complexity index is 419. The fourth-order valence-corrected chi connectivity index (χ4v) is 1.56. The molecule has 1 heterocycles. The second-order valence-corrected chi connectivity index (χ2v) is 5.29. The van der Waals surface area contributed by atoms with Crippen LogP contribution in [0.5, 0.6) is 0 Å².